The molecule has 0 atom stereocenters. The van der Waals surface area contributed by atoms with E-state index in [1.54, 1.807) is 6.92 Å². The Bertz CT molecular complexity index is 246. The molecule has 0 aliphatic rings. The molecule has 0 saturated carbocycles. The number of aromatic nitrogens is 3. The Morgan fingerprint density at radius 3 is 2.90 bits per heavy atom. The van der Waals surface area contributed by atoms with Gasteiger partial charge < -0.3 is 0 Å². The summed E-state index contributed by atoms with van der Waals surface area (Å²) in [6.07, 6.45) is 0. The average molecular weight is 145 g/mol. The molecule has 54 valence electrons. The molecule has 1 aromatic rings. The summed E-state index contributed by atoms with van der Waals surface area (Å²) >= 11 is 0. The van der Waals surface area contributed by atoms with Crippen LogP contribution in [-0.4, -0.2) is 21.2 Å². The number of halogens is 1. The second kappa shape index (κ2) is 2.42. The lowest BCUT2D eigenvalue weighted by Gasteiger charge is -1.81. The van der Waals surface area contributed by atoms with Gasteiger partial charge in [-0.15, -0.1) is 5.10 Å². The lowest BCUT2D eigenvalue weighted by Crippen LogP contribution is -2.00. The normalized spacial score (nSPS) is 9.40. The second-order valence-corrected chi connectivity index (χ2v) is 1.61. The Balaban J connectivity index is 2.85. The van der Waals surface area contributed by atoms with E-state index in [-0.39, 0.29) is 5.82 Å². The Morgan fingerprint density at radius 1 is 1.80 bits per heavy atom. The van der Waals surface area contributed by atoms with Crippen LogP contribution < -0.4 is 0 Å². The van der Waals surface area contributed by atoms with Crippen molar-refractivity contribution in [2.75, 3.05) is 0 Å². The molecule has 0 aromatic carbocycles. The fourth-order valence-corrected chi connectivity index (χ4v) is 0.468. The first kappa shape index (κ1) is 6.66. The van der Waals surface area contributed by atoms with E-state index in [2.05, 4.69) is 20.1 Å². The topological polar surface area (TPSA) is 67.9 Å². The number of carbonyl (C=O) groups is 1. The molecule has 0 unspecified atom stereocenters. The monoisotopic (exact) mass is 145 g/mol. The molecule has 0 saturated heterocycles. The Morgan fingerprint density at radius 2 is 2.50 bits per heavy atom. The number of hydrogen-bond acceptors (Lipinski definition) is 4. The zero-order chi connectivity index (χ0) is 7.56. The van der Waals surface area contributed by atoms with Crippen LogP contribution in [0.4, 0.5) is 4.53 Å². The van der Waals surface area contributed by atoms with Gasteiger partial charge in [-0.25, -0.2) is 14.7 Å². The number of H-pyrrole nitrogens is 1. The number of nitrogens with one attached hydrogen (secondary N) is 1. The number of nitrogens with zero attached hydrogens (tertiary/aromatic N) is 2. The number of aromatic amines is 1. The van der Waals surface area contributed by atoms with Gasteiger partial charge in [-0.3, -0.25) is 5.10 Å². The second-order valence-electron chi connectivity index (χ2n) is 1.61. The van der Waals surface area contributed by atoms with E-state index in [0.717, 1.165) is 0 Å². The Hall–Kier alpha value is -1.46. The maximum Gasteiger partial charge on any atom is 0.418 e. The van der Waals surface area contributed by atoms with Crippen molar-refractivity contribution in [3.05, 3.63) is 11.6 Å². The SMILES string of the molecule is Cc1nc(C(=O)OF)n[nH]1. The predicted octanol–water partition coefficient (Wildman–Crippen LogP) is 0.154. The van der Waals surface area contributed by atoms with Gasteiger partial charge in [0, 0.05) is 4.53 Å². The van der Waals surface area contributed by atoms with Crippen molar-refractivity contribution in [3.63, 3.8) is 0 Å². The molecule has 0 radical (unpaired) electrons. The smallest absolute Gasteiger partial charge is 0.263 e. The van der Waals surface area contributed by atoms with Gasteiger partial charge in [0.25, 0.3) is 5.82 Å². The van der Waals surface area contributed by atoms with Crippen LogP contribution in [0, 0.1) is 6.92 Å². The molecule has 0 fully saturated rings. The minimum atomic E-state index is -1.19. The zero-order valence-electron chi connectivity index (χ0n) is 5.09. The summed E-state index contributed by atoms with van der Waals surface area (Å²) < 4.78 is 11.1. The minimum absolute atomic E-state index is 0.306. The van der Waals surface area contributed by atoms with Crippen molar-refractivity contribution in [3.8, 4) is 0 Å². The molecule has 0 aliphatic heterocycles. The van der Waals surface area contributed by atoms with Crippen molar-refractivity contribution >= 4 is 5.97 Å². The summed E-state index contributed by atoms with van der Waals surface area (Å²) in [6, 6.07) is 0. The van der Waals surface area contributed by atoms with Crippen LogP contribution in [0.3, 0.4) is 0 Å². The van der Waals surface area contributed by atoms with E-state index in [1.807, 2.05) is 0 Å². The van der Waals surface area contributed by atoms with Crippen LogP contribution in [0.25, 0.3) is 0 Å². The van der Waals surface area contributed by atoms with Gasteiger partial charge in [-0.2, -0.15) is 0 Å². The Labute approximate surface area is 55.1 Å². The number of carbonyl (C=O) groups excluding carboxylic acids is 1. The van der Waals surface area contributed by atoms with Gasteiger partial charge in [0.15, 0.2) is 0 Å². The molecule has 1 heterocycles. The van der Waals surface area contributed by atoms with Gasteiger partial charge >= 0.3 is 5.97 Å². The molecule has 0 spiro atoms. The third-order valence-corrected chi connectivity index (χ3v) is 0.850. The molecular weight excluding hydrogens is 141 g/mol. The summed E-state index contributed by atoms with van der Waals surface area (Å²) in [5.74, 6) is -1.07. The molecule has 6 heteroatoms. The maximum absolute atomic E-state index is 11.1. The van der Waals surface area contributed by atoms with Gasteiger partial charge in [-0.1, -0.05) is 0 Å². The molecule has 10 heavy (non-hydrogen) atoms. The molecule has 5 nitrogen and oxygen atoms in total. The number of aryl methyl sites for hydroxylation is 1. The number of hydrogen-bond donors (Lipinski definition) is 1. The largest absolute Gasteiger partial charge is 0.418 e. The van der Waals surface area contributed by atoms with E-state index in [9.17, 15) is 9.32 Å². The molecule has 1 N–H and O–H groups in total. The third-order valence-electron chi connectivity index (χ3n) is 0.850. The first-order chi connectivity index (χ1) is 4.74. The molecule has 0 amide bonds. The van der Waals surface area contributed by atoms with E-state index in [4.69, 9.17) is 0 Å². The Kier molecular flexibility index (Phi) is 1.61. The summed E-state index contributed by atoms with van der Waals surface area (Å²) in [4.78, 5) is 16.7. The third kappa shape index (κ3) is 1.09. The standard InChI is InChI=1S/C4H4FN3O2/c1-2-6-3(8-7-2)4(9)10-5/h1H3,(H,6,7,8). The van der Waals surface area contributed by atoms with Crippen LogP contribution in [0.2, 0.25) is 0 Å². The average Bonchev–Trinajstić information content (AvgIpc) is 2.34. The van der Waals surface area contributed by atoms with E-state index >= 15 is 0 Å². The van der Waals surface area contributed by atoms with E-state index in [1.165, 1.54) is 0 Å². The van der Waals surface area contributed by atoms with Crippen LogP contribution in [0.1, 0.15) is 16.4 Å². The summed E-state index contributed by atoms with van der Waals surface area (Å²) in [6.45, 7) is 1.59. The van der Waals surface area contributed by atoms with Gasteiger partial charge in [0.05, 0.1) is 0 Å². The van der Waals surface area contributed by atoms with Crippen molar-refractivity contribution in [2.45, 2.75) is 6.92 Å². The zero-order valence-corrected chi connectivity index (χ0v) is 5.09. The highest BCUT2D eigenvalue weighted by molar-refractivity contribution is 5.84. The molecule has 0 aliphatic carbocycles. The van der Waals surface area contributed by atoms with Crippen LogP contribution in [0.5, 0.6) is 0 Å². The summed E-state index contributed by atoms with van der Waals surface area (Å²) in [5, 5.41) is 5.69. The summed E-state index contributed by atoms with van der Waals surface area (Å²) in [7, 11) is 0. The lowest BCUT2D eigenvalue weighted by molar-refractivity contribution is -0.0798. The summed E-state index contributed by atoms with van der Waals surface area (Å²) in [5.41, 5.74) is 0. The highest BCUT2D eigenvalue weighted by Gasteiger charge is 2.12. The molecule has 1 rings (SSSR count). The van der Waals surface area contributed by atoms with Crippen molar-refractivity contribution in [1.29, 1.82) is 0 Å². The minimum Gasteiger partial charge on any atom is -0.263 e. The van der Waals surface area contributed by atoms with Crippen LogP contribution in [-0.2, 0) is 4.94 Å². The predicted molar refractivity (Wildman–Crippen MR) is 27.6 cm³/mol. The van der Waals surface area contributed by atoms with Crippen LogP contribution >= 0.6 is 0 Å². The molecule has 1 aromatic heterocycles. The fraction of sp³-hybridized carbons (Fsp3) is 0.250. The van der Waals surface area contributed by atoms with Crippen molar-refractivity contribution in [2.24, 2.45) is 0 Å². The lowest BCUT2D eigenvalue weighted by atomic mass is 10.6. The quantitative estimate of drug-likeness (QED) is 0.610. The highest BCUT2D eigenvalue weighted by atomic mass is 19.3. The first-order valence-corrected chi connectivity index (χ1v) is 2.46. The van der Waals surface area contributed by atoms with E-state index in [0.29, 0.717) is 5.82 Å². The van der Waals surface area contributed by atoms with Crippen molar-refractivity contribution < 1.29 is 14.3 Å². The molecule has 0 bridgehead atoms. The fourth-order valence-electron chi connectivity index (χ4n) is 0.468. The highest BCUT2D eigenvalue weighted by Crippen LogP contribution is 1.93. The van der Waals surface area contributed by atoms with Gasteiger partial charge in [-0.05, 0) is 6.92 Å². The van der Waals surface area contributed by atoms with E-state index < -0.39 is 5.97 Å². The van der Waals surface area contributed by atoms with Crippen molar-refractivity contribution in [1.82, 2.24) is 15.2 Å². The van der Waals surface area contributed by atoms with Gasteiger partial charge in [0.1, 0.15) is 5.82 Å². The first-order valence-electron chi connectivity index (χ1n) is 2.46. The molecular formula is C4H4FN3O2. The van der Waals surface area contributed by atoms with Crippen LogP contribution in [0.15, 0.2) is 0 Å². The number of rotatable bonds is 1. The maximum atomic E-state index is 11.1. The van der Waals surface area contributed by atoms with Gasteiger partial charge in [0.2, 0.25) is 0 Å².